The van der Waals surface area contributed by atoms with Gasteiger partial charge in [0.05, 0.1) is 12.8 Å². The number of ether oxygens (including phenoxy) is 1. The maximum Gasteiger partial charge on any atom is 0.271 e. The highest BCUT2D eigenvalue weighted by Crippen LogP contribution is 2.21. The first-order valence-electron chi connectivity index (χ1n) is 7.63. The zero-order chi connectivity index (χ0) is 18.2. The molecule has 25 heavy (non-hydrogen) atoms. The minimum atomic E-state index is -0.400. The Morgan fingerprint density at radius 2 is 2.04 bits per heavy atom. The number of hydrogen-bond acceptors (Lipinski definition) is 4. The molecule has 2 rings (SSSR count). The van der Waals surface area contributed by atoms with Crippen LogP contribution in [0.4, 0.5) is 5.69 Å². The molecule has 0 unspecified atom stereocenters. The molecule has 7 heteroatoms. The lowest BCUT2D eigenvalue weighted by Crippen LogP contribution is -2.18. The first kappa shape index (κ1) is 18.5. The number of carbonyl (C=O) groups is 2. The summed E-state index contributed by atoms with van der Waals surface area (Å²) >= 11 is 5.97. The first-order chi connectivity index (χ1) is 12.0. The monoisotopic (exact) mass is 359 g/mol. The van der Waals surface area contributed by atoms with E-state index in [0.717, 1.165) is 0 Å². The van der Waals surface area contributed by atoms with Gasteiger partial charge in [0, 0.05) is 28.8 Å². The van der Waals surface area contributed by atoms with E-state index in [-0.39, 0.29) is 5.91 Å². The summed E-state index contributed by atoms with van der Waals surface area (Å²) in [6.07, 6.45) is 1.46. The summed E-state index contributed by atoms with van der Waals surface area (Å²) in [7, 11) is 0. The highest BCUT2D eigenvalue weighted by molar-refractivity contribution is 6.30. The van der Waals surface area contributed by atoms with Crippen LogP contribution in [-0.2, 0) is 4.79 Å². The highest BCUT2D eigenvalue weighted by atomic mass is 35.5. The molecule has 0 fully saturated rings. The molecule has 130 valence electrons. The van der Waals surface area contributed by atoms with E-state index in [1.807, 2.05) is 6.92 Å². The third kappa shape index (κ3) is 5.61. The van der Waals surface area contributed by atoms with Crippen molar-refractivity contribution in [2.45, 2.75) is 13.8 Å². The van der Waals surface area contributed by atoms with Crippen LogP contribution in [0, 0.1) is 0 Å². The Bertz CT molecular complexity index is 806. The van der Waals surface area contributed by atoms with Crippen LogP contribution in [-0.4, -0.2) is 24.6 Å². The number of rotatable bonds is 6. The lowest BCUT2D eigenvalue weighted by Gasteiger charge is -2.07. The van der Waals surface area contributed by atoms with E-state index >= 15 is 0 Å². The molecule has 2 amide bonds. The summed E-state index contributed by atoms with van der Waals surface area (Å²) < 4.78 is 5.48. The SMILES string of the molecule is CCOc1ccc(Cl)cc1/C=N\NC(=O)c1cccc(NC(C)=O)c1. The Balaban J connectivity index is 2.08. The number of hydrazone groups is 1. The number of hydrogen-bond donors (Lipinski definition) is 2. The molecule has 0 atom stereocenters. The Kier molecular flexibility index (Phi) is 6.54. The molecule has 2 aromatic rings. The molecule has 0 radical (unpaired) electrons. The number of carbonyl (C=O) groups excluding carboxylic acids is 2. The van der Waals surface area contributed by atoms with Gasteiger partial charge in [0.15, 0.2) is 0 Å². The summed E-state index contributed by atoms with van der Waals surface area (Å²) in [6, 6.07) is 11.7. The minimum absolute atomic E-state index is 0.208. The molecule has 6 nitrogen and oxygen atoms in total. The Hall–Kier alpha value is -2.86. The average molecular weight is 360 g/mol. The third-order valence-electron chi connectivity index (χ3n) is 3.09. The van der Waals surface area contributed by atoms with E-state index in [1.54, 1.807) is 42.5 Å². The van der Waals surface area contributed by atoms with Crippen LogP contribution in [0.5, 0.6) is 5.75 Å². The van der Waals surface area contributed by atoms with E-state index in [1.165, 1.54) is 13.1 Å². The molecule has 0 saturated carbocycles. The molecule has 2 N–H and O–H groups in total. The fourth-order valence-corrected chi connectivity index (χ4v) is 2.25. The van der Waals surface area contributed by atoms with Crippen LogP contribution in [0.3, 0.4) is 0 Å². The second-order valence-electron chi connectivity index (χ2n) is 5.08. The lowest BCUT2D eigenvalue weighted by molar-refractivity contribution is -0.114. The second-order valence-corrected chi connectivity index (χ2v) is 5.51. The van der Waals surface area contributed by atoms with Crippen molar-refractivity contribution in [1.29, 1.82) is 0 Å². The van der Waals surface area contributed by atoms with Crippen LogP contribution in [0.2, 0.25) is 5.02 Å². The number of halogens is 1. The van der Waals surface area contributed by atoms with Gasteiger partial charge in [-0.05, 0) is 43.3 Å². The fraction of sp³-hybridized carbons (Fsp3) is 0.167. The normalized spacial score (nSPS) is 10.5. The molecule has 0 aromatic heterocycles. The average Bonchev–Trinajstić information content (AvgIpc) is 2.57. The van der Waals surface area contributed by atoms with Crippen molar-refractivity contribution in [2.75, 3.05) is 11.9 Å². The molecule has 0 heterocycles. The number of nitrogens with one attached hydrogen (secondary N) is 2. The summed E-state index contributed by atoms with van der Waals surface area (Å²) in [4.78, 5) is 23.2. The molecule has 0 aliphatic carbocycles. The van der Waals surface area contributed by atoms with Crippen molar-refractivity contribution < 1.29 is 14.3 Å². The van der Waals surface area contributed by atoms with Crippen molar-refractivity contribution in [2.24, 2.45) is 5.10 Å². The Morgan fingerprint density at radius 1 is 1.24 bits per heavy atom. The van der Waals surface area contributed by atoms with Gasteiger partial charge in [0.1, 0.15) is 5.75 Å². The summed E-state index contributed by atoms with van der Waals surface area (Å²) in [5.41, 5.74) is 4.00. The van der Waals surface area contributed by atoms with Crippen molar-refractivity contribution in [3.63, 3.8) is 0 Å². The van der Waals surface area contributed by atoms with Gasteiger partial charge in [0.2, 0.25) is 5.91 Å². The topological polar surface area (TPSA) is 79.8 Å². The molecule has 2 aromatic carbocycles. The zero-order valence-corrected chi connectivity index (χ0v) is 14.6. The van der Waals surface area contributed by atoms with Gasteiger partial charge >= 0.3 is 0 Å². The second kappa shape index (κ2) is 8.84. The molecule has 0 saturated heterocycles. The number of benzene rings is 2. The van der Waals surface area contributed by atoms with Gasteiger partial charge in [-0.2, -0.15) is 5.10 Å². The third-order valence-corrected chi connectivity index (χ3v) is 3.32. The largest absolute Gasteiger partial charge is 0.493 e. The maximum atomic E-state index is 12.2. The van der Waals surface area contributed by atoms with Crippen LogP contribution >= 0.6 is 11.6 Å². The van der Waals surface area contributed by atoms with Crippen LogP contribution in [0.15, 0.2) is 47.6 Å². The van der Waals surface area contributed by atoms with Crippen LogP contribution < -0.4 is 15.5 Å². The van der Waals surface area contributed by atoms with Crippen LogP contribution in [0.25, 0.3) is 0 Å². The van der Waals surface area contributed by atoms with Gasteiger partial charge in [0.25, 0.3) is 5.91 Å². The standard InChI is InChI=1S/C18H18ClN3O3/c1-3-25-17-8-7-15(19)9-14(17)11-20-22-18(24)13-5-4-6-16(10-13)21-12(2)23/h4-11H,3H2,1-2H3,(H,21,23)(H,22,24)/b20-11-. The van der Waals surface area contributed by atoms with E-state index < -0.39 is 5.91 Å². The smallest absolute Gasteiger partial charge is 0.271 e. The maximum absolute atomic E-state index is 12.2. The van der Waals surface area contributed by atoms with Gasteiger partial charge in [-0.15, -0.1) is 0 Å². The predicted molar refractivity (Wildman–Crippen MR) is 98.4 cm³/mol. The van der Waals surface area contributed by atoms with Crippen LogP contribution in [0.1, 0.15) is 29.8 Å². The Labute approximate surface area is 150 Å². The van der Waals surface area contributed by atoms with E-state index in [9.17, 15) is 9.59 Å². The van der Waals surface area contributed by atoms with Crippen molar-refractivity contribution >= 4 is 35.3 Å². The molecule has 0 spiro atoms. The van der Waals surface area contributed by atoms with E-state index in [4.69, 9.17) is 16.3 Å². The number of amides is 2. The fourth-order valence-electron chi connectivity index (χ4n) is 2.07. The van der Waals surface area contributed by atoms with Crippen molar-refractivity contribution in [3.8, 4) is 5.75 Å². The first-order valence-corrected chi connectivity index (χ1v) is 8.00. The molecular formula is C18H18ClN3O3. The summed E-state index contributed by atoms with van der Waals surface area (Å²) in [5, 5.41) is 7.10. The van der Waals surface area contributed by atoms with Gasteiger partial charge in [-0.3, -0.25) is 9.59 Å². The van der Waals surface area contributed by atoms with Crippen molar-refractivity contribution in [3.05, 3.63) is 58.6 Å². The van der Waals surface area contributed by atoms with Gasteiger partial charge in [-0.1, -0.05) is 17.7 Å². The predicted octanol–water partition coefficient (Wildman–Crippen LogP) is 3.46. The number of nitrogens with zero attached hydrogens (tertiary/aromatic N) is 1. The zero-order valence-electron chi connectivity index (χ0n) is 13.9. The summed E-state index contributed by atoms with van der Waals surface area (Å²) in [6.45, 7) is 3.78. The van der Waals surface area contributed by atoms with Gasteiger partial charge < -0.3 is 10.1 Å². The van der Waals surface area contributed by atoms with Gasteiger partial charge in [-0.25, -0.2) is 5.43 Å². The molecular weight excluding hydrogens is 342 g/mol. The molecule has 0 aliphatic heterocycles. The quantitative estimate of drug-likeness (QED) is 0.612. The number of anilines is 1. The lowest BCUT2D eigenvalue weighted by atomic mass is 10.2. The summed E-state index contributed by atoms with van der Waals surface area (Å²) in [5.74, 6) is 0.0148. The van der Waals surface area contributed by atoms with Crippen molar-refractivity contribution in [1.82, 2.24) is 5.43 Å². The Morgan fingerprint density at radius 3 is 2.76 bits per heavy atom. The minimum Gasteiger partial charge on any atom is -0.493 e. The van der Waals surface area contributed by atoms with E-state index in [2.05, 4.69) is 15.8 Å². The molecule has 0 bridgehead atoms. The van der Waals surface area contributed by atoms with E-state index in [0.29, 0.717) is 34.2 Å². The highest BCUT2D eigenvalue weighted by Gasteiger charge is 2.06. The molecule has 0 aliphatic rings.